The number of methoxy groups -OCH3 is 2. The van der Waals surface area contributed by atoms with Gasteiger partial charge in [-0.1, -0.05) is 18.2 Å². The summed E-state index contributed by atoms with van der Waals surface area (Å²) in [4.78, 5) is 16.8. The Balaban J connectivity index is 1.68. The monoisotopic (exact) mass is 356 g/mol. The van der Waals surface area contributed by atoms with E-state index < -0.39 is 0 Å². The quantitative estimate of drug-likeness (QED) is 0.795. The van der Waals surface area contributed by atoms with Crippen LogP contribution in [-0.2, 0) is 11.2 Å². The number of hydrogen-bond acceptors (Lipinski definition) is 5. The molecule has 0 radical (unpaired) electrons. The van der Waals surface area contributed by atoms with Crippen molar-refractivity contribution in [1.82, 2.24) is 10.3 Å². The molecule has 26 heavy (non-hydrogen) atoms. The highest BCUT2D eigenvalue weighted by atomic mass is 16.5. The number of aromatic nitrogens is 1. The van der Waals surface area contributed by atoms with E-state index in [2.05, 4.69) is 10.3 Å². The van der Waals surface area contributed by atoms with Crippen LogP contribution in [0.4, 0.5) is 0 Å². The number of aliphatic hydroxyl groups excluding tert-OH is 1. The largest absolute Gasteiger partial charge is 0.497 e. The van der Waals surface area contributed by atoms with Crippen molar-refractivity contribution in [3.05, 3.63) is 53.7 Å². The van der Waals surface area contributed by atoms with Gasteiger partial charge >= 0.3 is 0 Å². The van der Waals surface area contributed by atoms with Crippen LogP contribution in [0.15, 0.2) is 42.6 Å². The van der Waals surface area contributed by atoms with Gasteiger partial charge in [0.25, 0.3) is 0 Å². The Morgan fingerprint density at radius 3 is 2.46 bits per heavy atom. The fourth-order valence-electron chi connectivity index (χ4n) is 3.23. The van der Waals surface area contributed by atoms with Crippen molar-refractivity contribution in [2.24, 2.45) is 5.92 Å². The molecule has 1 heterocycles. The number of pyridine rings is 1. The van der Waals surface area contributed by atoms with Crippen molar-refractivity contribution in [2.45, 2.75) is 31.4 Å². The first-order valence-corrected chi connectivity index (χ1v) is 8.69. The molecule has 0 unspecified atom stereocenters. The third kappa shape index (κ3) is 4.32. The Hall–Kier alpha value is -2.60. The number of carbonyl (C=O) groups excluding carboxylic acids is 1. The summed E-state index contributed by atoms with van der Waals surface area (Å²) in [7, 11) is 3.18. The summed E-state index contributed by atoms with van der Waals surface area (Å²) < 4.78 is 10.2. The molecular weight excluding hydrogens is 332 g/mol. The molecule has 1 amide bonds. The molecular formula is C20H24N2O4. The third-order valence-corrected chi connectivity index (χ3v) is 4.79. The predicted octanol–water partition coefficient (Wildman–Crippen LogP) is 2.27. The summed E-state index contributed by atoms with van der Waals surface area (Å²) in [5, 5.41) is 12.8. The topological polar surface area (TPSA) is 80.7 Å². The molecule has 6 heteroatoms. The van der Waals surface area contributed by atoms with E-state index in [4.69, 9.17) is 9.47 Å². The number of aliphatic hydroxyl groups is 1. The Labute approximate surface area is 153 Å². The zero-order valence-corrected chi connectivity index (χ0v) is 15.0. The number of rotatable bonds is 7. The van der Waals surface area contributed by atoms with E-state index >= 15 is 0 Å². The van der Waals surface area contributed by atoms with Crippen molar-refractivity contribution < 1.29 is 19.4 Å². The Kier molecular flexibility index (Phi) is 5.73. The van der Waals surface area contributed by atoms with Crippen LogP contribution in [0.1, 0.15) is 30.0 Å². The number of ether oxygens (including phenoxy) is 2. The van der Waals surface area contributed by atoms with Gasteiger partial charge in [-0.3, -0.25) is 4.79 Å². The Bertz CT molecular complexity index is 724. The molecule has 138 valence electrons. The van der Waals surface area contributed by atoms with E-state index in [9.17, 15) is 9.90 Å². The van der Waals surface area contributed by atoms with E-state index in [1.54, 1.807) is 26.5 Å². The first kappa shape index (κ1) is 18.2. The predicted molar refractivity (Wildman–Crippen MR) is 97.1 cm³/mol. The molecule has 1 aromatic heterocycles. The second-order valence-electron chi connectivity index (χ2n) is 6.59. The van der Waals surface area contributed by atoms with E-state index in [1.807, 2.05) is 30.3 Å². The molecule has 1 aromatic carbocycles. The number of carbonyl (C=O) groups is 1. The average Bonchev–Trinajstić information content (AvgIpc) is 2.64. The van der Waals surface area contributed by atoms with Crippen LogP contribution in [0.25, 0.3) is 0 Å². The van der Waals surface area contributed by atoms with Gasteiger partial charge in [0.15, 0.2) is 0 Å². The summed E-state index contributed by atoms with van der Waals surface area (Å²) in [5.41, 5.74) is 1.84. The molecule has 1 atom stereocenters. The first-order chi connectivity index (χ1) is 12.6. The molecule has 0 saturated heterocycles. The molecule has 3 rings (SSSR count). The average molecular weight is 356 g/mol. The van der Waals surface area contributed by atoms with Crippen LogP contribution in [-0.4, -0.2) is 36.3 Å². The normalized spacial score (nSPS) is 20.0. The molecule has 1 aliphatic carbocycles. The van der Waals surface area contributed by atoms with Crippen molar-refractivity contribution in [3.8, 4) is 11.6 Å². The summed E-state index contributed by atoms with van der Waals surface area (Å²) in [6, 6.07) is 11.0. The fourth-order valence-corrected chi connectivity index (χ4v) is 3.23. The lowest BCUT2D eigenvalue weighted by atomic mass is 9.75. The van der Waals surface area contributed by atoms with E-state index in [-0.39, 0.29) is 24.0 Å². The van der Waals surface area contributed by atoms with Gasteiger partial charge < -0.3 is 19.9 Å². The van der Waals surface area contributed by atoms with Crippen LogP contribution < -0.4 is 14.8 Å². The smallest absolute Gasteiger partial charge is 0.224 e. The van der Waals surface area contributed by atoms with Gasteiger partial charge in [-0.05, 0) is 42.0 Å². The maximum Gasteiger partial charge on any atom is 0.224 e. The molecule has 0 bridgehead atoms. The van der Waals surface area contributed by atoms with Gasteiger partial charge in [-0.15, -0.1) is 0 Å². The highest BCUT2D eigenvalue weighted by Crippen LogP contribution is 2.38. The zero-order chi connectivity index (χ0) is 18.5. The number of hydrogen-bond donors (Lipinski definition) is 2. The van der Waals surface area contributed by atoms with Crippen molar-refractivity contribution >= 4 is 5.91 Å². The molecule has 1 fully saturated rings. The van der Waals surface area contributed by atoms with Crippen LogP contribution in [0.3, 0.4) is 0 Å². The summed E-state index contributed by atoms with van der Waals surface area (Å²) in [6.45, 7) is 0. The van der Waals surface area contributed by atoms with Gasteiger partial charge in [-0.25, -0.2) is 4.98 Å². The second-order valence-corrected chi connectivity index (χ2v) is 6.59. The minimum atomic E-state index is -0.285. The van der Waals surface area contributed by atoms with Gasteiger partial charge in [0.1, 0.15) is 5.75 Å². The van der Waals surface area contributed by atoms with Gasteiger partial charge in [0, 0.05) is 12.3 Å². The van der Waals surface area contributed by atoms with Crippen LogP contribution in [0.5, 0.6) is 11.6 Å². The molecule has 1 aliphatic rings. The molecule has 2 aromatic rings. The standard InChI is InChI=1S/C20H24N2O4/c1-25-17-6-3-13(4-7-17)9-18(24)22-20(15-10-16(23)11-15)14-5-8-19(26-2)21-12-14/h3-8,12,15-16,20,23H,9-11H2,1-2H3,(H,22,24)/t15?,16?,20-/m1/s1. The number of amides is 1. The van der Waals surface area contributed by atoms with Crippen molar-refractivity contribution in [2.75, 3.05) is 14.2 Å². The highest BCUT2D eigenvalue weighted by Gasteiger charge is 2.35. The van der Waals surface area contributed by atoms with Gasteiger partial charge in [0.05, 0.1) is 32.8 Å². The molecule has 0 aliphatic heterocycles. The van der Waals surface area contributed by atoms with Crippen molar-refractivity contribution in [3.63, 3.8) is 0 Å². The summed E-state index contributed by atoms with van der Waals surface area (Å²) >= 11 is 0. The minimum Gasteiger partial charge on any atom is -0.497 e. The molecule has 2 N–H and O–H groups in total. The fraction of sp³-hybridized carbons (Fsp3) is 0.400. The number of nitrogens with zero attached hydrogens (tertiary/aromatic N) is 1. The lowest BCUT2D eigenvalue weighted by Gasteiger charge is -2.38. The van der Waals surface area contributed by atoms with Gasteiger partial charge in [0.2, 0.25) is 11.8 Å². The van der Waals surface area contributed by atoms with Crippen LogP contribution in [0, 0.1) is 5.92 Å². The van der Waals surface area contributed by atoms with E-state index in [0.29, 0.717) is 25.1 Å². The van der Waals surface area contributed by atoms with E-state index in [1.165, 1.54) is 0 Å². The van der Waals surface area contributed by atoms with Crippen molar-refractivity contribution in [1.29, 1.82) is 0 Å². The lowest BCUT2D eigenvalue weighted by Crippen LogP contribution is -2.41. The summed E-state index contributed by atoms with van der Waals surface area (Å²) in [6.07, 6.45) is 3.09. The molecule has 1 saturated carbocycles. The minimum absolute atomic E-state index is 0.0580. The third-order valence-electron chi connectivity index (χ3n) is 4.79. The maximum absolute atomic E-state index is 12.5. The Morgan fingerprint density at radius 2 is 1.92 bits per heavy atom. The number of benzene rings is 1. The number of nitrogens with one attached hydrogen (secondary N) is 1. The van der Waals surface area contributed by atoms with E-state index in [0.717, 1.165) is 16.9 Å². The van der Waals surface area contributed by atoms with Gasteiger partial charge in [-0.2, -0.15) is 0 Å². The maximum atomic E-state index is 12.5. The molecule has 0 spiro atoms. The Morgan fingerprint density at radius 1 is 1.19 bits per heavy atom. The SMILES string of the molecule is COc1ccc(CC(=O)N[C@H](c2ccc(OC)nc2)C2CC(O)C2)cc1. The summed E-state index contributed by atoms with van der Waals surface area (Å²) in [5.74, 6) is 1.45. The zero-order valence-electron chi connectivity index (χ0n) is 15.0. The van der Waals surface area contributed by atoms with Crippen LogP contribution in [0.2, 0.25) is 0 Å². The second kappa shape index (κ2) is 8.19. The highest BCUT2D eigenvalue weighted by molar-refractivity contribution is 5.79. The first-order valence-electron chi connectivity index (χ1n) is 8.69. The molecule has 6 nitrogen and oxygen atoms in total. The lowest BCUT2D eigenvalue weighted by molar-refractivity contribution is -0.122. The van der Waals surface area contributed by atoms with Crippen LogP contribution >= 0.6 is 0 Å².